The molecule has 0 saturated heterocycles. The van der Waals surface area contributed by atoms with Crippen LogP contribution in [0.3, 0.4) is 0 Å². The van der Waals surface area contributed by atoms with Gasteiger partial charge in [0, 0.05) is 7.05 Å². The van der Waals surface area contributed by atoms with Crippen molar-refractivity contribution in [1.29, 1.82) is 0 Å². The van der Waals surface area contributed by atoms with Gasteiger partial charge < -0.3 is 14.8 Å². The van der Waals surface area contributed by atoms with Crippen molar-refractivity contribution >= 4 is 29.4 Å². The molecule has 3 amide bonds. The van der Waals surface area contributed by atoms with Crippen LogP contribution in [0.2, 0.25) is 0 Å². The number of rotatable bonds is 4. The van der Waals surface area contributed by atoms with Crippen molar-refractivity contribution < 1.29 is 75.7 Å². The monoisotopic (exact) mass is 376 g/mol. The molecule has 1 aliphatic heterocycles. The van der Waals surface area contributed by atoms with Crippen LogP contribution >= 0.6 is 0 Å². The molecular weight excluding hydrogens is 363 g/mol. The number of fused-ring (bicyclic) bond motifs is 1. The van der Waals surface area contributed by atoms with Gasteiger partial charge in [0.25, 0.3) is 17.7 Å². The molecule has 26 heavy (non-hydrogen) atoms. The van der Waals surface area contributed by atoms with Gasteiger partial charge in [0.05, 0.1) is 34.9 Å². The summed E-state index contributed by atoms with van der Waals surface area (Å²) in [7, 11) is 1.30. The topological polar surface area (TPSA) is 97.8 Å². The summed E-state index contributed by atoms with van der Waals surface area (Å²) in [6, 6.07) is 12.5. The van der Waals surface area contributed by atoms with Crippen molar-refractivity contribution in [3.63, 3.8) is 0 Å². The van der Waals surface area contributed by atoms with Crippen LogP contribution in [-0.2, 0) is 4.79 Å². The first-order chi connectivity index (χ1) is 11.9. The number of para-hydroxylation sites is 1. The zero-order valence-electron chi connectivity index (χ0n) is 14.3. The zero-order chi connectivity index (χ0) is 18.1. The number of aliphatic carboxylic acids is 1. The van der Waals surface area contributed by atoms with Gasteiger partial charge in [-0.3, -0.25) is 14.4 Å². The van der Waals surface area contributed by atoms with Crippen molar-refractivity contribution in [2.45, 2.75) is 0 Å². The third kappa shape index (κ3) is 3.65. The molecule has 8 heteroatoms. The Morgan fingerprint density at radius 2 is 1.46 bits per heavy atom. The first kappa shape index (κ1) is 20.5. The Bertz CT molecular complexity index is 877. The Kier molecular flexibility index (Phi) is 6.48. The van der Waals surface area contributed by atoms with E-state index in [4.69, 9.17) is 0 Å². The van der Waals surface area contributed by atoms with E-state index < -0.39 is 30.2 Å². The minimum Gasteiger partial charge on any atom is -0.548 e. The number of nitrogens with zero attached hydrogens (tertiary/aromatic N) is 2. The number of anilines is 1. The van der Waals surface area contributed by atoms with Crippen molar-refractivity contribution in [3.05, 3.63) is 65.2 Å². The summed E-state index contributed by atoms with van der Waals surface area (Å²) in [4.78, 5) is 50.3. The molecule has 1 heterocycles. The van der Waals surface area contributed by atoms with E-state index in [2.05, 4.69) is 0 Å². The van der Waals surface area contributed by atoms with E-state index in [0.717, 1.165) is 9.80 Å². The Labute approximate surface area is 192 Å². The predicted molar refractivity (Wildman–Crippen MR) is 86.0 cm³/mol. The molecule has 0 N–H and O–H groups in total. The number of imide groups is 1. The number of carboxylic acids is 1. The van der Waals surface area contributed by atoms with Gasteiger partial charge in [0.15, 0.2) is 0 Å². The number of amides is 3. The van der Waals surface area contributed by atoms with Gasteiger partial charge in [-0.05, 0) is 24.3 Å². The summed E-state index contributed by atoms with van der Waals surface area (Å²) in [5, 5.41) is 10.7. The summed E-state index contributed by atoms with van der Waals surface area (Å²) in [6.45, 7) is -0.602. The molecule has 0 radical (unpaired) electrons. The number of carboxylic acid groups (broad SMARTS) is 1. The van der Waals surface area contributed by atoms with Crippen LogP contribution in [-0.4, -0.2) is 42.2 Å². The SMILES string of the molecule is CN(CC(=O)[O-])C(=O)c1ccccc1N1C(=O)c2ccccc2C1=O.[K+]. The molecule has 1 aliphatic rings. The molecule has 0 spiro atoms. The minimum absolute atomic E-state index is 0. The van der Waals surface area contributed by atoms with Crippen molar-refractivity contribution in [3.8, 4) is 0 Å². The maximum Gasteiger partial charge on any atom is 1.00 e. The van der Waals surface area contributed by atoms with Crippen LogP contribution in [0, 0.1) is 0 Å². The van der Waals surface area contributed by atoms with E-state index in [1.165, 1.54) is 19.2 Å². The van der Waals surface area contributed by atoms with E-state index in [0.29, 0.717) is 0 Å². The van der Waals surface area contributed by atoms with E-state index in [1.54, 1.807) is 36.4 Å². The van der Waals surface area contributed by atoms with Crippen LogP contribution in [0.5, 0.6) is 0 Å². The molecule has 0 atom stereocenters. The minimum atomic E-state index is -1.41. The van der Waals surface area contributed by atoms with Crippen molar-refractivity contribution in [1.82, 2.24) is 4.90 Å². The fourth-order valence-electron chi connectivity index (χ4n) is 2.73. The molecular formula is C18H13KN2O5. The summed E-state index contributed by atoms with van der Waals surface area (Å²) >= 11 is 0. The third-order valence-electron chi connectivity index (χ3n) is 3.88. The van der Waals surface area contributed by atoms with E-state index in [1.807, 2.05) is 0 Å². The largest absolute Gasteiger partial charge is 1.00 e. The fraction of sp³-hybridized carbons (Fsp3) is 0.111. The zero-order valence-corrected chi connectivity index (χ0v) is 17.4. The van der Waals surface area contributed by atoms with Crippen LogP contribution in [0.15, 0.2) is 48.5 Å². The predicted octanol–water partition coefficient (Wildman–Crippen LogP) is -2.69. The molecule has 3 rings (SSSR count). The second-order valence-corrected chi connectivity index (χ2v) is 5.54. The Morgan fingerprint density at radius 1 is 0.962 bits per heavy atom. The average molecular weight is 376 g/mol. The molecule has 126 valence electrons. The Hall–Kier alpha value is -1.84. The number of carbonyl (C=O) groups excluding carboxylic acids is 4. The number of hydrogen-bond donors (Lipinski definition) is 0. The molecule has 0 aliphatic carbocycles. The number of carbonyl (C=O) groups is 4. The molecule has 0 unspecified atom stereocenters. The standard InChI is InChI=1S/C18H14N2O5.K/c1-19(10-15(21)22)16(23)13-8-4-5-9-14(13)20-17(24)11-6-2-3-7-12(11)18(20)25;/h2-9H,10H2,1H3,(H,21,22);/q;+1/p-1. The Balaban J connectivity index is 0.00000243. The van der Waals surface area contributed by atoms with Crippen LogP contribution in [0.4, 0.5) is 5.69 Å². The maximum absolute atomic E-state index is 12.6. The second-order valence-electron chi connectivity index (χ2n) is 5.54. The van der Waals surface area contributed by atoms with Gasteiger partial charge in [0.1, 0.15) is 0 Å². The quantitative estimate of drug-likeness (QED) is 0.428. The summed E-state index contributed by atoms with van der Waals surface area (Å²) in [6.07, 6.45) is 0. The first-order valence-corrected chi connectivity index (χ1v) is 7.44. The van der Waals surface area contributed by atoms with Crippen LogP contribution in [0.25, 0.3) is 0 Å². The smallest absolute Gasteiger partial charge is 0.548 e. The molecule has 0 bridgehead atoms. The van der Waals surface area contributed by atoms with Gasteiger partial charge in [-0.1, -0.05) is 24.3 Å². The first-order valence-electron chi connectivity index (χ1n) is 7.44. The normalized spacial score (nSPS) is 12.4. The van der Waals surface area contributed by atoms with Gasteiger partial charge in [0.2, 0.25) is 0 Å². The molecule has 2 aromatic rings. The van der Waals surface area contributed by atoms with Crippen molar-refractivity contribution in [2.75, 3.05) is 18.5 Å². The van der Waals surface area contributed by atoms with Crippen molar-refractivity contribution in [2.24, 2.45) is 0 Å². The van der Waals surface area contributed by atoms with E-state index >= 15 is 0 Å². The fourth-order valence-corrected chi connectivity index (χ4v) is 2.73. The molecule has 0 saturated carbocycles. The van der Waals surface area contributed by atoms with Crippen LogP contribution < -0.4 is 61.4 Å². The second kappa shape index (κ2) is 8.23. The number of benzene rings is 2. The summed E-state index contributed by atoms with van der Waals surface area (Å²) < 4.78 is 0. The van der Waals surface area contributed by atoms with Gasteiger partial charge >= 0.3 is 51.4 Å². The van der Waals surface area contributed by atoms with E-state index in [9.17, 15) is 24.3 Å². The molecule has 2 aromatic carbocycles. The maximum atomic E-state index is 12.6. The molecule has 0 aromatic heterocycles. The third-order valence-corrected chi connectivity index (χ3v) is 3.88. The molecule has 7 nitrogen and oxygen atoms in total. The van der Waals surface area contributed by atoms with Gasteiger partial charge in [-0.25, -0.2) is 4.90 Å². The summed E-state index contributed by atoms with van der Waals surface area (Å²) in [5.74, 6) is -3.09. The van der Waals surface area contributed by atoms with Gasteiger partial charge in [-0.2, -0.15) is 0 Å². The van der Waals surface area contributed by atoms with Gasteiger partial charge in [-0.15, -0.1) is 0 Å². The number of likely N-dealkylation sites (N-methyl/N-ethyl adjacent to an activating group) is 1. The Morgan fingerprint density at radius 3 is 2.00 bits per heavy atom. The summed E-state index contributed by atoms with van der Waals surface area (Å²) in [5.41, 5.74) is 0.695. The molecule has 0 fully saturated rings. The van der Waals surface area contributed by atoms with E-state index in [-0.39, 0.29) is 73.8 Å². The average Bonchev–Trinajstić information content (AvgIpc) is 2.85. The number of hydrogen-bond acceptors (Lipinski definition) is 5. The van der Waals surface area contributed by atoms with Crippen LogP contribution in [0.1, 0.15) is 31.1 Å².